The molecule has 0 aliphatic carbocycles. The summed E-state index contributed by atoms with van der Waals surface area (Å²) in [6.45, 7) is -0.0402. The van der Waals surface area contributed by atoms with E-state index in [9.17, 15) is 9.90 Å². The Morgan fingerprint density at radius 3 is 2.50 bits per heavy atom. The molecule has 1 aromatic carbocycles. The van der Waals surface area contributed by atoms with E-state index in [2.05, 4.69) is 5.32 Å². The van der Waals surface area contributed by atoms with Gasteiger partial charge in [0, 0.05) is 12.1 Å². The summed E-state index contributed by atoms with van der Waals surface area (Å²) in [7, 11) is 3.05. The number of hydrogen-bond donors (Lipinski definition) is 4. The number of nitrogens with two attached hydrogens (primary N) is 1. The molecule has 0 aliphatic rings. The van der Waals surface area contributed by atoms with Gasteiger partial charge in [-0.05, 0) is 18.2 Å². The topological polar surface area (TPSA) is 157 Å². The molecule has 124 valence electrons. The molecule has 0 fully saturated rings. The molecule has 10 nitrogen and oxygen atoms in total. The lowest BCUT2D eigenvalue weighted by Crippen LogP contribution is -2.33. The van der Waals surface area contributed by atoms with Crippen molar-refractivity contribution in [3.05, 3.63) is 33.9 Å². The number of ether oxygens (including phenoxy) is 2. The number of aliphatic hydroxyl groups is 1. The van der Waals surface area contributed by atoms with Gasteiger partial charge in [0.05, 0.1) is 26.9 Å². The third-order valence-corrected chi connectivity index (χ3v) is 2.47. The lowest BCUT2D eigenvalue weighted by atomic mass is 10.1. The Labute approximate surface area is 126 Å². The zero-order valence-corrected chi connectivity index (χ0v) is 12.2. The fourth-order valence-electron chi connectivity index (χ4n) is 1.49. The minimum absolute atomic E-state index is 0.0690. The summed E-state index contributed by atoms with van der Waals surface area (Å²) in [5.41, 5.74) is 5.71. The largest absolute Gasteiger partial charge is 0.497 e. The molecule has 22 heavy (non-hydrogen) atoms. The van der Waals surface area contributed by atoms with Gasteiger partial charge >= 0.3 is 0 Å². The molecule has 1 aromatic rings. The zero-order chi connectivity index (χ0) is 17.1. The highest BCUT2D eigenvalue weighted by molar-refractivity contribution is 5.77. The predicted molar refractivity (Wildman–Crippen MR) is 75.4 cm³/mol. The van der Waals surface area contributed by atoms with Crippen LogP contribution >= 0.6 is 0 Å². The molecular weight excluding hydrogens is 298 g/mol. The molecule has 5 N–H and O–H groups in total. The minimum atomic E-state index is -1.50. The second-order valence-corrected chi connectivity index (χ2v) is 3.87. The quantitative estimate of drug-likeness (QED) is 0.402. The van der Waals surface area contributed by atoms with Crippen molar-refractivity contribution in [3.63, 3.8) is 0 Å². The van der Waals surface area contributed by atoms with Gasteiger partial charge in [0.1, 0.15) is 11.5 Å². The van der Waals surface area contributed by atoms with Crippen LogP contribution in [0.1, 0.15) is 11.7 Å². The second-order valence-electron chi connectivity index (χ2n) is 3.87. The van der Waals surface area contributed by atoms with Gasteiger partial charge in [-0.25, -0.2) is 0 Å². The van der Waals surface area contributed by atoms with Crippen LogP contribution in [0.5, 0.6) is 11.5 Å². The summed E-state index contributed by atoms with van der Waals surface area (Å²) in [6.07, 6.45) is -0.884. The van der Waals surface area contributed by atoms with Crippen LogP contribution in [0.2, 0.25) is 0 Å². The Morgan fingerprint density at radius 2 is 2.05 bits per heavy atom. The highest BCUT2D eigenvalue weighted by atomic mass is 16.9. The standard InChI is InChI=1S/C12H18N2O4.HNO3/c1-17-8-3-4-11(18-2)9(5-8)10(15)7-14-12(16)6-13;2-1(3)4/h3-5,10,15H,6-7,13H2,1-2H3,(H,14,16);(H,2,3,4). The van der Waals surface area contributed by atoms with Gasteiger partial charge in [-0.15, -0.1) is 10.1 Å². The van der Waals surface area contributed by atoms with Crippen LogP contribution in [0.15, 0.2) is 18.2 Å². The van der Waals surface area contributed by atoms with Crippen LogP contribution < -0.4 is 20.5 Å². The molecule has 0 aromatic heterocycles. The third kappa shape index (κ3) is 7.26. The molecule has 0 bridgehead atoms. The fraction of sp³-hybridized carbons (Fsp3) is 0.417. The van der Waals surface area contributed by atoms with Crippen LogP contribution in [0.3, 0.4) is 0 Å². The summed E-state index contributed by atoms with van der Waals surface area (Å²) in [5.74, 6) is 0.816. The molecular formula is C12H19N3O7. The summed E-state index contributed by atoms with van der Waals surface area (Å²) in [4.78, 5) is 19.4. The van der Waals surface area contributed by atoms with Gasteiger partial charge < -0.3 is 30.8 Å². The summed E-state index contributed by atoms with van der Waals surface area (Å²) >= 11 is 0. The van der Waals surface area contributed by atoms with Gasteiger partial charge in [-0.2, -0.15) is 0 Å². The molecule has 1 rings (SSSR count). The molecule has 1 unspecified atom stereocenters. The number of nitrogens with zero attached hydrogens (tertiary/aromatic N) is 1. The van der Waals surface area contributed by atoms with Gasteiger partial charge in [0.25, 0.3) is 5.09 Å². The highest BCUT2D eigenvalue weighted by Crippen LogP contribution is 2.28. The third-order valence-electron chi connectivity index (χ3n) is 2.47. The van der Waals surface area contributed by atoms with Crippen molar-refractivity contribution in [2.75, 3.05) is 27.3 Å². The van der Waals surface area contributed by atoms with E-state index in [0.29, 0.717) is 17.1 Å². The number of nitrogens with one attached hydrogen (secondary N) is 1. The first-order valence-electron chi connectivity index (χ1n) is 6.05. The maximum absolute atomic E-state index is 11.0. The van der Waals surface area contributed by atoms with Gasteiger partial charge in [-0.3, -0.25) is 4.79 Å². The first kappa shape index (κ1) is 19.4. The van der Waals surface area contributed by atoms with E-state index in [-0.39, 0.29) is 19.0 Å². The van der Waals surface area contributed by atoms with Crippen molar-refractivity contribution in [2.24, 2.45) is 5.73 Å². The molecule has 1 amide bonds. The average Bonchev–Trinajstić information content (AvgIpc) is 2.50. The zero-order valence-electron chi connectivity index (χ0n) is 12.2. The number of hydrogen-bond acceptors (Lipinski definition) is 7. The average molecular weight is 317 g/mol. The summed E-state index contributed by atoms with van der Waals surface area (Å²) in [5, 5.41) is 26.2. The van der Waals surface area contributed by atoms with E-state index in [1.165, 1.54) is 14.2 Å². The number of amides is 1. The summed E-state index contributed by atoms with van der Waals surface area (Å²) < 4.78 is 10.2. The Kier molecular flexibility index (Phi) is 8.98. The number of methoxy groups -OCH3 is 2. The Bertz CT molecular complexity index is 492. The maximum Gasteiger partial charge on any atom is 0.291 e. The fourth-order valence-corrected chi connectivity index (χ4v) is 1.49. The van der Waals surface area contributed by atoms with Crippen molar-refractivity contribution in [3.8, 4) is 11.5 Å². The van der Waals surface area contributed by atoms with Crippen molar-refractivity contribution < 1.29 is 29.7 Å². The normalized spacial score (nSPS) is 10.7. The molecule has 0 radical (unpaired) electrons. The van der Waals surface area contributed by atoms with E-state index in [4.69, 9.17) is 30.5 Å². The van der Waals surface area contributed by atoms with E-state index >= 15 is 0 Å². The summed E-state index contributed by atoms with van der Waals surface area (Å²) in [6, 6.07) is 5.09. The van der Waals surface area contributed by atoms with Crippen LogP contribution in [-0.4, -0.2) is 48.6 Å². The van der Waals surface area contributed by atoms with Crippen LogP contribution in [-0.2, 0) is 4.79 Å². The smallest absolute Gasteiger partial charge is 0.291 e. The SMILES string of the molecule is COc1ccc(OC)c(C(O)CNC(=O)CN)c1.O=[N+]([O-])O. The molecule has 0 aliphatic heterocycles. The van der Waals surface area contributed by atoms with Crippen LogP contribution in [0, 0.1) is 10.1 Å². The predicted octanol–water partition coefficient (Wildman–Crippen LogP) is -0.536. The monoisotopic (exact) mass is 317 g/mol. The van der Waals surface area contributed by atoms with Crippen molar-refractivity contribution in [2.45, 2.75) is 6.10 Å². The number of aliphatic hydroxyl groups excluding tert-OH is 1. The molecule has 10 heteroatoms. The minimum Gasteiger partial charge on any atom is -0.497 e. The van der Waals surface area contributed by atoms with Gasteiger partial charge in [-0.1, -0.05) is 0 Å². The number of rotatable bonds is 6. The van der Waals surface area contributed by atoms with Crippen molar-refractivity contribution in [1.29, 1.82) is 0 Å². The molecule has 1 atom stereocenters. The van der Waals surface area contributed by atoms with E-state index in [0.717, 1.165) is 0 Å². The lowest BCUT2D eigenvalue weighted by Gasteiger charge is -2.16. The molecule has 0 heterocycles. The Balaban J connectivity index is 0.000000980. The highest BCUT2D eigenvalue weighted by Gasteiger charge is 2.15. The van der Waals surface area contributed by atoms with Gasteiger partial charge in [0.2, 0.25) is 5.91 Å². The Morgan fingerprint density at radius 1 is 1.45 bits per heavy atom. The number of carbonyl (C=O) groups is 1. The number of benzene rings is 1. The van der Waals surface area contributed by atoms with Crippen molar-refractivity contribution in [1.82, 2.24) is 5.32 Å². The molecule has 0 saturated heterocycles. The maximum atomic E-state index is 11.0. The van der Waals surface area contributed by atoms with Crippen LogP contribution in [0.4, 0.5) is 0 Å². The van der Waals surface area contributed by atoms with Crippen molar-refractivity contribution >= 4 is 5.91 Å². The molecule has 0 saturated carbocycles. The van der Waals surface area contributed by atoms with Gasteiger partial charge in [0.15, 0.2) is 0 Å². The van der Waals surface area contributed by atoms with E-state index < -0.39 is 11.2 Å². The first-order valence-corrected chi connectivity index (χ1v) is 6.05. The van der Waals surface area contributed by atoms with E-state index in [1.54, 1.807) is 18.2 Å². The van der Waals surface area contributed by atoms with Crippen LogP contribution in [0.25, 0.3) is 0 Å². The Hall–Kier alpha value is -2.59. The van der Waals surface area contributed by atoms with E-state index in [1.807, 2.05) is 0 Å². The number of carbonyl (C=O) groups excluding carboxylic acids is 1. The second kappa shape index (κ2) is 10.2. The lowest BCUT2D eigenvalue weighted by molar-refractivity contribution is -0.742. The first-order chi connectivity index (χ1) is 10.3. The molecule has 0 spiro atoms.